The van der Waals surface area contributed by atoms with Gasteiger partial charge in [0, 0.05) is 20.2 Å². The summed E-state index contributed by atoms with van der Waals surface area (Å²) in [5.41, 5.74) is -0.0232. The topological polar surface area (TPSA) is 80.5 Å². The Hall–Kier alpha value is -1.47. The summed E-state index contributed by atoms with van der Waals surface area (Å²) >= 11 is 0. The number of carboxylic acid groups (broad SMARTS) is 1. The largest absolute Gasteiger partial charge is 0.476 e. The molecule has 0 aliphatic heterocycles. The number of carboxylic acids is 1. The zero-order valence-corrected chi connectivity index (χ0v) is 10.2. The van der Waals surface area contributed by atoms with Gasteiger partial charge in [-0.15, -0.1) is 5.10 Å². The molecule has 1 heterocycles. The van der Waals surface area contributed by atoms with Crippen LogP contribution in [-0.4, -0.2) is 64.3 Å². The monoisotopic (exact) mass is 242 g/mol. The number of aromatic carboxylic acids is 1. The molecular weight excluding hydrogens is 224 g/mol. The smallest absolute Gasteiger partial charge is 0.358 e. The molecule has 0 unspecified atom stereocenters. The molecule has 7 nitrogen and oxygen atoms in total. The number of aromatic nitrogens is 3. The van der Waals surface area contributed by atoms with E-state index in [2.05, 4.69) is 22.1 Å². The number of carbonyl (C=O) groups is 1. The van der Waals surface area contributed by atoms with Crippen molar-refractivity contribution in [2.24, 2.45) is 0 Å². The predicted octanol–water partition coefficient (Wildman–Crippen LogP) is -0.0554. The van der Waals surface area contributed by atoms with Crippen molar-refractivity contribution in [2.45, 2.75) is 13.5 Å². The minimum Gasteiger partial charge on any atom is -0.476 e. The number of nitrogens with zero attached hydrogens (tertiary/aromatic N) is 4. The summed E-state index contributed by atoms with van der Waals surface area (Å²) in [6.45, 7) is 5.95. The first-order valence-electron chi connectivity index (χ1n) is 5.52. The second-order valence-electron chi connectivity index (χ2n) is 3.60. The van der Waals surface area contributed by atoms with E-state index in [1.165, 1.54) is 6.20 Å². The average Bonchev–Trinajstić information content (AvgIpc) is 2.78. The van der Waals surface area contributed by atoms with Crippen molar-refractivity contribution < 1.29 is 14.6 Å². The molecule has 0 saturated carbocycles. The maximum Gasteiger partial charge on any atom is 0.358 e. The Bertz CT molecular complexity index is 353. The first kappa shape index (κ1) is 13.6. The summed E-state index contributed by atoms with van der Waals surface area (Å²) in [4.78, 5) is 12.8. The highest BCUT2D eigenvalue weighted by Gasteiger charge is 2.08. The van der Waals surface area contributed by atoms with Crippen molar-refractivity contribution in [3.8, 4) is 0 Å². The highest BCUT2D eigenvalue weighted by Crippen LogP contribution is 1.95. The number of methoxy groups -OCH3 is 1. The number of hydrogen-bond acceptors (Lipinski definition) is 5. The number of likely N-dealkylation sites (N-methyl/N-ethyl adjacent to an activating group) is 1. The molecule has 17 heavy (non-hydrogen) atoms. The van der Waals surface area contributed by atoms with Crippen molar-refractivity contribution in [1.29, 1.82) is 0 Å². The van der Waals surface area contributed by atoms with Gasteiger partial charge < -0.3 is 9.84 Å². The van der Waals surface area contributed by atoms with Crippen LogP contribution in [0.5, 0.6) is 0 Å². The molecule has 1 aromatic rings. The summed E-state index contributed by atoms with van der Waals surface area (Å²) in [5, 5.41) is 16.0. The quantitative estimate of drug-likeness (QED) is 0.688. The van der Waals surface area contributed by atoms with E-state index < -0.39 is 5.97 Å². The van der Waals surface area contributed by atoms with Crippen LogP contribution in [0.4, 0.5) is 0 Å². The van der Waals surface area contributed by atoms with Crippen LogP contribution in [0.15, 0.2) is 6.20 Å². The third-order valence-corrected chi connectivity index (χ3v) is 2.46. The van der Waals surface area contributed by atoms with E-state index in [1.807, 2.05) is 0 Å². The molecule has 0 bridgehead atoms. The lowest BCUT2D eigenvalue weighted by Gasteiger charge is -2.19. The van der Waals surface area contributed by atoms with Gasteiger partial charge in [0.05, 0.1) is 19.3 Å². The Kier molecular flexibility index (Phi) is 5.58. The second kappa shape index (κ2) is 6.97. The zero-order valence-electron chi connectivity index (χ0n) is 10.2. The first-order valence-corrected chi connectivity index (χ1v) is 5.52. The van der Waals surface area contributed by atoms with Crippen LogP contribution in [-0.2, 0) is 11.3 Å². The SMILES string of the molecule is CCN(CCOC)CCn1cc(C(=O)O)nn1. The van der Waals surface area contributed by atoms with Crippen LogP contribution in [0.3, 0.4) is 0 Å². The van der Waals surface area contributed by atoms with Crippen molar-refractivity contribution in [3.05, 3.63) is 11.9 Å². The fourth-order valence-electron chi connectivity index (χ4n) is 1.40. The number of hydrogen-bond donors (Lipinski definition) is 1. The van der Waals surface area contributed by atoms with Gasteiger partial charge in [0.25, 0.3) is 0 Å². The minimum absolute atomic E-state index is 0.0232. The lowest BCUT2D eigenvalue weighted by atomic mass is 10.4. The third-order valence-electron chi connectivity index (χ3n) is 2.46. The summed E-state index contributed by atoms with van der Waals surface area (Å²) in [6.07, 6.45) is 1.44. The molecule has 0 saturated heterocycles. The van der Waals surface area contributed by atoms with Gasteiger partial charge in [-0.25, -0.2) is 4.79 Å². The summed E-state index contributed by atoms with van der Waals surface area (Å²) in [7, 11) is 1.67. The van der Waals surface area contributed by atoms with E-state index >= 15 is 0 Å². The van der Waals surface area contributed by atoms with E-state index in [1.54, 1.807) is 11.8 Å². The molecule has 0 aliphatic carbocycles. The Morgan fingerprint density at radius 2 is 2.35 bits per heavy atom. The molecule has 1 rings (SSSR count). The van der Waals surface area contributed by atoms with Gasteiger partial charge in [0.2, 0.25) is 0 Å². The first-order chi connectivity index (χ1) is 8.17. The van der Waals surface area contributed by atoms with E-state index in [4.69, 9.17) is 9.84 Å². The number of rotatable bonds is 8. The maximum absolute atomic E-state index is 10.6. The molecule has 7 heteroatoms. The summed E-state index contributed by atoms with van der Waals surface area (Å²) in [5.74, 6) is -1.05. The molecular formula is C10H18N4O3. The Balaban J connectivity index is 2.39. The Morgan fingerprint density at radius 1 is 1.59 bits per heavy atom. The molecule has 0 amide bonds. The Morgan fingerprint density at radius 3 is 2.88 bits per heavy atom. The fourth-order valence-corrected chi connectivity index (χ4v) is 1.40. The molecule has 96 valence electrons. The van der Waals surface area contributed by atoms with Crippen molar-refractivity contribution in [1.82, 2.24) is 19.9 Å². The third kappa shape index (κ3) is 4.49. The standard InChI is InChI=1S/C10H18N4O3/c1-3-13(6-7-17-2)4-5-14-8-9(10(15)16)11-12-14/h8H,3-7H2,1-2H3,(H,15,16). The highest BCUT2D eigenvalue weighted by molar-refractivity contribution is 5.84. The normalized spacial score (nSPS) is 11.0. The van der Waals surface area contributed by atoms with Gasteiger partial charge in [-0.05, 0) is 6.54 Å². The molecule has 1 aromatic heterocycles. The van der Waals surface area contributed by atoms with Crippen molar-refractivity contribution in [2.75, 3.05) is 33.4 Å². The lowest BCUT2D eigenvalue weighted by Crippen LogP contribution is -2.30. The fraction of sp³-hybridized carbons (Fsp3) is 0.700. The average molecular weight is 242 g/mol. The van der Waals surface area contributed by atoms with Gasteiger partial charge in [-0.1, -0.05) is 12.1 Å². The number of ether oxygens (including phenoxy) is 1. The highest BCUT2D eigenvalue weighted by atomic mass is 16.5. The van der Waals surface area contributed by atoms with E-state index in [9.17, 15) is 4.79 Å². The van der Waals surface area contributed by atoms with Gasteiger partial charge in [0.15, 0.2) is 5.69 Å². The van der Waals surface area contributed by atoms with Gasteiger partial charge in [0.1, 0.15) is 0 Å². The van der Waals surface area contributed by atoms with Crippen molar-refractivity contribution >= 4 is 5.97 Å². The van der Waals surface area contributed by atoms with Crippen LogP contribution < -0.4 is 0 Å². The molecule has 0 atom stereocenters. The zero-order chi connectivity index (χ0) is 12.7. The minimum atomic E-state index is -1.05. The maximum atomic E-state index is 10.6. The van der Waals surface area contributed by atoms with Crippen LogP contribution in [0.1, 0.15) is 17.4 Å². The van der Waals surface area contributed by atoms with E-state index in [-0.39, 0.29) is 5.69 Å². The summed E-state index contributed by atoms with van der Waals surface area (Å²) < 4.78 is 6.55. The van der Waals surface area contributed by atoms with Gasteiger partial charge >= 0.3 is 5.97 Å². The predicted molar refractivity (Wildman–Crippen MR) is 61.0 cm³/mol. The van der Waals surface area contributed by atoms with Crippen LogP contribution in [0, 0.1) is 0 Å². The second-order valence-corrected chi connectivity index (χ2v) is 3.60. The van der Waals surface area contributed by atoms with Crippen LogP contribution in [0.25, 0.3) is 0 Å². The van der Waals surface area contributed by atoms with E-state index in [0.717, 1.165) is 19.6 Å². The van der Waals surface area contributed by atoms with Crippen LogP contribution >= 0.6 is 0 Å². The molecule has 0 aliphatic rings. The molecule has 0 fully saturated rings. The molecule has 0 radical (unpaired) electrons. The van der Waals surface area contributed by atoms with Crippen molar-refractivity contribution in [3.63, 3.8) is 0 Å². The molecule has 1 N–H and O–H groups in total. The van der Waals surface area contributed by atoms with Crippen LogP contribution in [0.2, 0.25) is 0 Å². The van der Waals surface area contributed by atoms with E-state index in [0.29, 0.717) is 13.2 Å². The van der Waals surface area contributed by atoms with Gasteiger partial charge in [-0.2, -0.15) is 0 Å². The summed E-state index contributed by atoms with van der Waals surface area (Å²) in [6, 6.07) is 0. The van der Waals surface area contributed by atoms with Gasteiger partial charge in [-0.3, -0.25) is 9.58 Å². The Labute approximate surface area is 100.0 Å². The molecule has 0 spiro atoms. The molecule has 0 aromatic carbocycles. The lowest BCUT2D eigenvalue weighted by molar-refractivity contribution is 0.0690.